The predicted molar refractivity (Wildman–Crippen MR) is 90.1 cm³/mol. The van der Waals surface area contributed by atoms with Gasteiger partial charge in [0.2, 0.25) is 0 Å². The van der Waals surface area contributed by atoms with E-state index in [1.54, 1.807) is 6.92 Å². The van der Waals surface area contributed by atoms with Crippen molar-refractivity contribution in [2.24, 2.45) is 0 Å². The number of rotatable bonds is 0. The lowest BCUT2D eigenvalue weighted by molar-refractivity contribution is -0.118. The molecule has 1 aromatic carbocycles. The second-order valence-electron chi connectivity index (χ2n) is 6.71. The summed E-state index contributed by atoms with van der Waals surface area (Å²) in [5.41, 5.74) is -0.0488. The van der Waals surface area contributed by atoms with E-state index in [2.05, 4.69) is 0 Å². The topological polar surface area (TPSA) is 96.4 Å². The number of carbonyl (C=O) groups excluding carboxylic acids is 2. The van der Waals surface area contributed by atoms with Gasteiger partial charge in [-0.3, -0.25) is 4.79 Å². The second-order valence-corrected chi connectivity index (χ2v) is 7.09. The molecule has 2 heterocycles. The van der Waals surface area contributed by atoms with E-state index < -0.39 is 17.8 Å². The molecule has 1 fully saturated rings. The molecule has 6 nitrogen and oxygen atoms in total. The Labute approximate surface area is 150 Å². The van der Waals surface area contributed by atoms with Crippen molar-refractivity contribution in [1.29, 1.82) is 0 Å². The van der Waals surface area contributed by atoms with Crippen molar-refractivity contribution >= 4 is 23.4 Å². The Hall–Kier alpha value is -1.79. The van der Waals surface area contributed by atoms with Gasteiger partial charge < -0.3 is 19.7 Å². The van der Waals surface area contributed by atoms with Gasteiger partial charge >= 0.3 is 5.97 Å². The standard InChI is InChI=1S/C18H21ClO6/c1-9-6-15-14(25-15)5-3-2-4-10(20)7-11-16(18(23)24-9)12(21)8-13(22)17(11)19/h8-9,14-15,21-22H,2-7H2,1H3/t9-,14+,15+/m1/s1. The molecule has 0 radical (unpaired) electrons. The number of phenolic OH excluding ortho intramolecular Hbond substituents is 2. The molecule has 2 aliphatic heterocycles. The van der Waals surface area contributed by atoms with Crippen LogP contribution in [-0.2, 0) is 20.7 Å². The number of esters is 1. The highest BCUT2D eigenvalue weighted by molar-refractivity contribution is 6.33. The quantitative estimate of drug-likeness (QED) is 0.539. The summed E-state index contributed by atoms with van der Waals surface area (Å²) in [7, 11) is 0. The van der Waals surface area contributed by atoms with Crippen LogP contribution in [0.5, 0.6) is 11.5 Å². The lowest BCUT2D eigenvalue weighted by atomic mass is 9.97. The molecule has 0 amide bonds. The number of cyclic esters (lactones) is 1. The van der Waals surface area contributed by atoms with E-state index in [0.717, 1.165) is 25.3 Å². The van der Waals surface area contributed by atoms with Crippen LogP contribution < -0.4 is 0 Å². The molecule has 1 aromatic rings. The van der Waals surface area contributed by atoms with E-state index in [4.69, 9.17) is 21.1 Å². The van der Waals surface area contributed by atoms with Crippen molar-refractivity contribution in [2.45, 2.75) is 63.8 Å². The largest absolute Gasteiger partial charge is 0.507 e. The molecule has 3 atom stereocenters. The molecular weight excluding hydrogens is 348 g/mol. The van der Waals surface area contributed by atoms with Crippen molar-refractivity contribution in [3.8, 4) is 11.5 Å². The molecule has 25 heavy (non-hydrogen) atoms. The average molecular weight is 369 g/mol. The molecule has 0 aromatic heterocycles. The van der Waals surface area contributed by atoms with Gasteiger partial charge in [0.25, 0.3) is 0 Å². The molecule has 2 aliphatic rings. The van der Waals surface area contributed by atoms with Crippen molar-refractivity contribution in [3.63, 3.8) is 0 Å². The van der Waals surface area contributed by atoms with Crippen molar-refractivity contribution in [1.82, 2.24) is 0 Å². The minimum Gasteiger partial charge on any atom is -0.507 e. The van der Waals surface area contributed by atoms with E-state index in [-0.39, 0.29) is 46.3 Å². The molecule has 7 heteroatoms. The van der Waals surface area contributed by atoms with Crippen molar-refractivity contribution in [3.05, 3.63) is 22.2 Å². The Morgan fingerprint density at radius 1 is 1.16 bits per heavy atom. The summed E-state index contributed by atoms with van der Waals surface area (Å²) in [5.74, 6) is -1.69. The van der Waals surface area contributed by atoms with Gasteiger partial charge in [-0.05, 0) is 19.8 Å². The van der Waals surface area contributed by atoms with E-state index in [9.17, 15) is 19.8 Å². The van der Waals surface area contributed by atoms with Gasteiger partial charge in [0.1, 0.15) is 28.9 Å². The maximum Gasteiger partial charge on any atom is 0.342 e. The van der Waals surface area contributed by atoms with Crippen LogP contribution in [0.4, 0.5) is 0 Å². The number of ketones is 1. The Kier molecular flexibility index (Phi) is 5.20. The van der Waals surface area contributed by atoms with Crippen LogP contribution in [-0.4, -0.2) is 40.3 Å². The van der Waals surface area contributed by atoms with Crippen LogP contribution in [0.2, 0.25) is 5.02 Å². The molecule has 0 unspecified atom stereocenters. The molecule has 3 rings (SSSR count). The lowest BCUT2D eigenvalue weighted by Gasteiger charge is -2.17. The summed E-state index contributed by atoms with van der Waals surface area (Å²) in [6.45, 7) is 1.76. The zero-order valence-corrected chi connectivity index (χ0v) is 14.7. The Bertz CT molecular complexity index is 701. The van der Waals surface area contributed by atoms with Crippen LogP contribution in [0.1, 0.15) is 54.9 Å². The predicted octanol–water partition coefficient (Wildman–Crippen LogP) is 3.14. The summed E-state index contributed by atoms with van der Waals surface area (Å²) < 4.78 is 11.0. The number of ether oxygens (including phenoxy) is 2. The van der Waals surface area contributed by atoms with Gasteiger partial charge in [-0.1, -0.05) is 18.0 Å². The number of hydrogen-bond acceptors (Lipinski definition) is 6. The monoisotopic (exact) mass is 368 g/mol. The van der Waals surface area contributed by atoms with Crippen molar-refractivity contribution in [2.75, 3.05) is 0 Å². The fraction of sp³-hybridized carbons (Fsp3) is 0.556. The average Bonchev–Trinajstić information content (AvgIpc) is 3.25. The second kappa shape index (κ2) is 7.22. The molecule has 0 aliphatic carbocycles. The number of halogens is 1. The van der Waals surface area contributed by atoms with Gasteiger partial charge in [0.05, 0.1) is 17.2 Å². The van der Waals surface area contributed by atoms with Crippen molar-refractivity contribution < 1.29 is 29.3 Å². The van der Waals surface area contributed by atoms with Gasteiger partial charge in [0.15, 0.2) is 0 Å². The molecule has 0 saturated carbocycles. The number of hydrogen-bond donors (Lipinski definition) is 2. The summed E-state index contributed by atoms with van der Waals surface area (Å²) in [6.07, 6.45) is 3.12. The van der Waals surface area contributed by atoms with Crippen LogP contribution in [0.3, 0.4) is 0 Å². The summed E-state index contributed by atoms with van der Waals surface area (Å²) >= 11 is 6.09. The molecule has 2 N–H and O–H groups in total. The molecule has 1 saturated heterocycles. The Morgan fingerprint density at radius 2 is 1.92 bits per heavy atom. The maximum atomic E-state index is 12.5. The van der Waals surface area contributed by atoms with Gasteiger partial charge in [-0.15, -0.1) is 0 Å². The van der Waals surface area contributed by atoms with Crippen LogP contribution in [0.15, 0.2) is 6.07 Å². The fourth-order valence-corrected chi connectivity index (χ4v) is 3.50. The first-order chi connectivity index (χ1) is 11.9. The Balaban J connectivity index is 1.93. The van der Waals surface area contributed by atoms with E-state index in [1.807, 2.05) is 0 Å². The zero-order chi connectivity index (χ0) is 18.1. The number of benzene rings is 1. The zero-order valence-electron chi connectivity index (χ0n) is 14.0. The first-order valence-electron chi connectivity index (χ1n) is 8.48. The third-order valence-electron chi connectivity index (χ3n) is 4.65. The van der Waals surface area contributed by atoms with E-state index >= 15 is 0 Å². The van der Waals surface area contributed by atoms with E-state index in [1.165, 1.54) is 0 Å². The number of phenols is 2. The lowest BCUT2D eigenvalue weighted by Crippen LogP contribution is -2.20. The normalized spacial score (nSPS) is 27.7. The highest BCUT2D eigenvalue weighted by Gasteiger charge is 2.40. The number of Topliss-reactive ketones (excluding diaryl/α,β-unsaturated/α-hetero) is 1. The van der Waals surface area contributed by atoms with Gasteiger partial charge in [0, 0.05) is 30.9 Å². The maximum absolute atomic E-state index is 12.5. The Morgan fingerprint density at radius 3 is 2.68 bits per heavy atom. The molecular formula is C18H21ClO6. The van der Waals surface area contributed by atoms with Crippen LogP contribution >= 0.6 is 11.6 Å². The summed E-state index contributed by atoms with van der Waals surface area (Å²) in [5, 5.41) is 19.8. The van der Waals surface area contributed by atoms with Crippen LogP contribution in [0.25, 0.3) is 0 Å². The first kappa shape index (κ1) is 18.0. The third kappa shape index (κ3) is 4.07. The fourth-order valence-electron chi connectivity index (χ4n) is 3.29. The summed E-state index contributed by atoms with van der Waals surface area (Å²) in [4.78, 5) is 24.8. The van der Waals surface area contributed by atoms with Crippen LogP contribution in [0, 0.1) is 0 Å². The van der Waals surface area contributed by atoms with E-state index in [0.29, 0.717) is 12.8 Å². The smallest absolute Gasteiger partial charge is 0.342 e. The first-order valence-corrected chi connectivity index (χ1v) is 8.86. The highest BCUT2D eigenvalue weighted by atomic mass is 35.5. The molecule has 0 bridgehead atoms. The molecule has 136 valence electrons. The minimum absolute atomic E-state index is 0.0675. The van der Waals surface area contributed by atoms with Gasteiger partial charge in [-0.2, -0.15) is 0 Å². The molecule has 0 spiro atoms. The van der Waals surface area contributed by atoms with Gasteiger partial charge in [-0.25, -0.2) is 4.79 Å². The summed E-state index contributed by atoms with van der Waals surface area (Å²) in [6, 6.07) is 0.987. The minimum atomic E-state index is -0.760. The highest BCUT2D eigenvalue weighted by Crippen LogP contribution is 2.38. The third-order valence-corrected chi connectivity index (χ3v) is 5.08. The number of fused-ring (bicyclic) bond motifs is 2. The number of epoxide rings is 1. The number of aromatic hydroxyl groups is 2. The SMILES string of the molecule is C[C@@H]1C[C@@H]2O[C@H]2CCCCC(=O)Cc2c(Cl)c(O)cc(O)c2C(=O)O1. The number of carbonyl (C=O) groups is 2.